The van der Waals surface area contributed by atoms with Crippen LogP contribution in [0, 0.1) is 0 Å². The highest BCUT2D eigenvalue weighted by Crippen LogP contribution is 2.27. The van der Waals surface area contributed by atoms with E-state index < -0.39 is 6.04 Å². The monoisotopic (exact) mass is 436 g/mol. The van der Waals surface area contributed by atoms with E-state index >= 15 is 0 Å². The Balaban J connectivity index is 2.17. The number of ether oxygens (including phenoxy) is 1. The maximum absolute atomic E-state index is 13.0. The molecule has 0 aliphatic carbocycles. The number of carbonyl (C=O) groups excluding carboxylic acids is 2. The third-order valence-corrected chi connectivity index (χ3v) is 4.91. The molecule has 2 rings (SSSR count). The predicted octanol–water partition coefficient (Wildman–Crippen LogP) is 4.71. The maximum Gasteiger partial charge on any atom is 0.261 e. The summed E-state index contributed by atoms with van der Waals surface area (Å²) < 4.78 is 5.61. The van der Waals surface area contributed by atoms with Crippen LogP contribution in [0.5, 0.6) is 5.75 Å². The number of rotatable bonds is 10. The van der Waals surface area contributed by atoms with Gasteiger partial charge in [-0.15, -0.1) is 0 Å². The highest BCUT2D eigenvalue weighted by atomic mass is 35.5. The first kappa shape index (κ1) is 23.0. The van der Waals surface area contributed by atoms with Gasteiger partial charge in [0, 0.05) is 18.1 Å². The topological polar surface area (TPSA) is 58.6 Å². The Morgan fingerprint density at radius 3 is 2.45 bits per heavy atom. The zero-order chi connectivity index (χ0) is 21.2. The van der Waals surface area contributed by atoms with E-state index in [1.807, 2.05) is 44.2 Å². The van der Waals surface area contributed by atoms with Crippen molar-refractivity contribution in [2.45, 2.75) is 39.3 Å². The largest absolute Gasteiger partial charge is 0.482 e. The Bertz CT molecular complexity index is 815. The van der Waals surface area contributed by atoms with Gasteiger partial charge in [-0.1, -0.05) is 67.4 Å². The lowest BCUT2D eigenvalue weighted by Crippen LogP contribution is -2.50. The number of hydrogen-bond acceptors (Lipinski definition) is 3. The fourth-order valence-electron chi connectivity index (χ4n) is 2.88. The van der Waals surface area contributed by atoms with Crippen molar-refractivity contribution in [3.63, 3.8) is 0 Å². The van der Waals surface area contributed by atoms with E-state index in [1.54, 1.807) is 23.1 Å². The van der Waals surface area contributed by atoms with Gasteiger partial charge in [-0.05, 0) is 36.6 Å². The van der Waals surface area contributed by atoms with Crippen LogP contribution in [0.2, 0.25) is 10.0 Å². The second kappa shape index (κ2) is 11.7. The second-order valence-corrected chi connectivity index (χ2v) is 7.43. The Morgan fingerprint density at radius 1 is 1.10 bits per heavy atom. The number of benzene rings is 2. The van der Waals surface area contributed by atoms with Crippen molar-refractivity contribution in [1.82, 2.24) is 10.2 Å². The number of hydrogen-bond donors (Lipinski definition) is 1. The average molecular weight is 437 g/mol. The zero-order valence-corrected chi connectivity index (χ0v) is 18.2. The first-order valence-corrected chi connectivity index (χ1v) is 10.4. The van der Waals surface area contributed by atoms with Crippen LogP contribution in [0.3, 0.4) is 0 Å². The van der Waals surface area contributed by atoms with Crippen LogP contribution in [0.4, 0.5) is 0 Å². The molecule has 0 heterocycles. The van der Waals surface area contributed by atoms with Gasteiger partial charge < -0.3 is 15.0 Å². The first-order chi connectivity index (χ1) is 14.0. The fraction of sp³-hybridized carbons (Fsp3) is 0.364. The molecule has 1 N–H and O–H groups in total. The SMILES string of the molecule is CCCNC(=O)C(CC)N(Cc1ccccc1)C(=O)COc1ccc(Cl)cc1Cl. The van der Waals surface area contributed by atoms with Crippen molar-refractivity contribution < 1.29 is 14.3 Å². The molecule has 29 heavy (non-hydrogen) atoms. The van der Waals surface area contributed by atoms with Crippen LogP contribution in [-0.4, -0.2) is 35.9 Å². The molecule has 0 spiro atoms. The van der Waals surface area contributed by atoms with Crippen LogP contribution in [0.1, 0.15) is 32.3 Å². The molecule has 0 bridgehead atoms. The molecule has 5 nitrogen and oxygen atoms in total. The Morgan fingerprint density at radius 2 is 1.83 bits per heavy atom. The summed E-state index contributed by atoms with van der Waals surface area (Å²) in [6.07, 6.45) is 1.32. The van der Waals surface area contributed by atoms with Gasteiger partial charge in [-0.3, -0.25) is 9.59 Å². The molecule has 0 aliphatic rings. The standard InChI is InChI=1S/C22H26Cl2N2O3/c1-3-12-25-22(28)19(4-2)26(14-16-8-6-5-7-9-16)21(27)15-29-20-11-10-17(23)13-18(20)24/h5-11,13,19H,3-4,12,14-15H2,1-2H3,(H,25,28). The van der Waals surface area contributed by atoms with E-state index in [4.69, 9.17) is 27.9 Å². The van der Waals surface area contributed by atoms with Crippen molar-refractivity contribution in [1.29, 1.82) is 0 Å². The molecule has 2 aromatic rings. The van der Waals surface area contributed by atoms with Gasteiger partial charge in [-0.2, -0.15) is 0 Å². The van der Waals surface area contributed by atoms with Crippen molar-refractivity contribution in [3.8, 4) is 5.75 Å². The van der Waals surface area contributed by atoms with Crippen LogP contribution >= 0.6 is 23.2 Å². The van der Waals surface area contributed by atoms with E-state index in [9.17, 15) is 9.59 Å². The van der Waals surface area contributed by atoms with Gasteiger partial charge in [0.05, 0.1) is 5.02 Å². The Hall–Kier alpha value is -2.24. The number of amides is 2. The molecule has 2 amide bonds. The smallest absolute Gasteiger partial charge is 0.261 e. The highest BCUT2D eigenvalue weighted by Gasteiger charge is 2.28. The molecule has 1 unspecified atom stereocenters. The number of carbonyl (C=O) groups is 2. The van der Waals surface area contributed by atoms with Crippen molar-refractivity contribution in [2.75, 3.05) is 13.2 Å². The van der Waals surface area contributed by atoms with Crippen LogP contribution in [0.15, 0.2) is 48.5 Å². The first-order valence-electron chi connectivity index (χ1n) is 9.65. The third kappa shape index (κ3) is 6.94. The van der Waals surface area contributed by atoms with Gasteiger partial charge >= 0.3 is 0 Å². The molecule has 7 heteroatoms. The minimum atomic E-state index is -0.585. The predicted molar refractivity (Wildman–Crippen MR) is 116 cm³/mol. The summed E-state index contributed by atoms with van der Waals surface area (Å²) in [6, 6.07) is 13.8. The number of nitrogens with zero attached hydrogens (tertiary/aromatic N) is 1. The molecule has 0 saturated heterocycles. The lowest BCUT2D eigenvalue weighted by atomic mass is 10.1. The summed E-state index contributed by atoms with van der Waals surface area (Å²) in [7, 11) is 0. The van der Waals surface area contributed by atoms with Crippen LogP contribution in [-0.2, 0) is 16.1 Å². The summed E-state index contributed by atoms with van der Waals surface area (Å²) in [5, 5.41) is 3.69. The second-order valence-electron chi connectivity index (χ2n) is 6.59. The molecule has 0 radical (unpaired) electrons. The molecule has 0 aliphatic heterocycles. The molecule has 0 fully saturated rings. The van der Waals surface area contributed by atoms with Crippen molar-refractivity contribution >= 4 is 35.0 Å². The number of halogens is 2. The van der Waals surface area contributed by atoms with E-state index in [0.717, 1.165) is 12.0 Å². The van der Waals surface area contributed by atoms with Crippen LogP contribution < -0.4 is 10.1 Å². The maximum atomic E-state index is 13.0. The summed E-state index contributed by atoms with van der Waals surface area (Å²) in [5.41, 5.74) is 0.937. The minimum Gasteiger partial charge on any atom is -0.482 e. The third-order valence-electron chi connectivity index (χ3n) is 4.38. The van der Waals surface area contributed by atoms with Gasteiger partial charge in [0.1, 0.15) is 11.8 Å². The molecule has 0 saturated carbocycles. The van der Waals surface area contributed by atoms with E-state index in [0.29, 0.717) is 35.3 Å². The fourth-order valence-corrected chi connectivity index (χ4v) is 3.34. The average Bonchev–Trinajstić information content (AvgIpc) is 2.72. The van der Waals surface area contributed by atoms with Gasteiger partial charge in [0.25, 0.3) is 5.91 Å². The normalized spacial score (nSPS) is 11.6. The molecule has 156 valence electrons. The van der Waals surface area contributed by atoms with E-state index in [2.05, 4.69) is 5.32 Å². The zero-order valence-electron chi connectivity index (χ0n) is 16.7. The van der Waals surface area contributed by atoms with Crippen molar-refractivity contribution in [2.24, 2.45) is 0 Å². The van der Waals surface area contributed by atoms with E-state index in [1.165, 1.54) is 0 Å². The lowest BCUT2D eigenvalue weighted by Gasteiger charge is -2.30. The van der Waals surface area contributed by atoms with Crippen molar-refractivity contribution in [3.05, 3.63) is 64.1 Å². The Labute approximate surface area is 181 Å². The summed E-state index contributed by atoms with van der Waals surface area (Å²) in [4.78, 5) is 27.2. The summed E-state index contributed by atoms with van der Waals surface area (Å²) in [5.74, 6) is -0.0888. The highest BCUT2D eigenvalue weighted by molar-refractivity contribution is 6.35. The summed E-state index contributed by atoms with van der Waals surface area (Å²) >= 11 is 12.0. The molecule has 1 atom stereocenters. The van der Waals surface area contributed by atoms with E-state index in [-0.39, 0.29) is 18.4 Å². The summed E-state index contributed by atoms with van der Waals surface area (Å²) in [6.45, 7) is 4.52. The molecular weight excluding hydrogens is 411 g/mol. The number of nitrogens with one attached hydrogen (secondary N) is 1. The Kier molecular flexibility index (Phi) is 9.29. The van der Waals surface area contributed by atoms with Crippen LogP contribution in [0.25, 0.3) is 0 Å². The molecular formula is C22H26Cl2N2O3. The molecule has 2 aromatic carbocycles. The lowest BCUT2D eigenvalue weighted by molar-refractivity contribution is -0.143. The quantitative estimate of drug-likeness (QED) is 0.586. The van der Waals surface area contributed by atoms with Gasteiger partial charge in [0.15, 0.2) is 6.61 Å². The minimum absolute atomic E-state index is 0.164. The van der Waals surface area contributed by atoms with Gasteiger partial charge in [-0.25, -0.2) is 0 Å². The molecule has 0 aromatic heterocycles. The van der Waals surface area contributed by atoms with Gasteiger partial charge in [0.2, 0.25) is 5.91 Å².